The summed E-state index contributed by atoms with van der Waals surface area (Å²) in [6.45, 7) is 0.662. The molecule has 0 radical (unpaired) electrons. The van der Waals surface area contributed by atoms with Crippen molar-refractivity contribution in [2.75, 3.05) is 19.4 Å². The van der Waals surface area contributed by atoms with E-state index in [9.17, 15) is 9.59 Å². The second-order valence-electron chi connectivity index (χ2n) is 9.43. The molecule has 210 valence electrons. The summed E-state index contributed by atoms with van der Waals surface area (Å²) in [5, 5.41) is 10.6. The van der Waals surface area contributed by atoms with Gasteiger partial charge in [0.05, 0.1) is 28.7 Å². The molecule has 0 fully saturated rings. The van der Waals surface area contributed by atoms with E-state index in [-0.39, 0.29) is 13.2 Å². The molecule has 0 spiro atoms. The number of alkyl carbamates (subject to hydrolysis) is 2. The van der Waals surface area contributed by atoms with Crippen molar-refractivity contribution < 1.29 is 19.1 Å². The summed E-state index contributed by atoms with van der Waals surface area (Å²) in [6.07, 6.45) is 2.27. The van der Waals surface area contributed by atoms with E-state index in [1.54, 1.807) is 6.33 Å². The van der Waals surface area contributed by atoms with Crippen LogP contribution >= 0.6 is 0 Å². The fraction of sp³-hybridized carbons (Fsp3) is 0.226. The third-order valence-corrected chi connectivity index (χ3v) is 6.80. The summed E-state index contributed by atoms with van der Waals surface area (Å²) in [7, 11) is 2.99. The van der Waals surface area contributed by atoms with E-state index in [1.165, 1.54) is 19.7 Å². The Kier molecular flexibility index (Phi) is 8.58. The molecular formula is C31H32N6O4. The zero-order valence-electron chi connectivity index (χ0n) is 23.0. The zero-order valence-corrected chi connectivity index (χ0v) is 23.0. The molecule has 5 rings (SSSR count). The van der Waals surface area contributed by atoms with Crippen LogP contribution in [0.2, 0.25) is 0 Å². The molecule has 10 heteroatoms. The Morgan fingerprint density at radius 3 is 2.05 bits per heavy atom. The van der Waals surface area contributed by atoms with E-state index in [0.717, 1.165) is 46.0 Å². The number of carbonyl (C=O) groups excluding carboxylic acids is 2. The van der Waals surface area contributed by atoms with Gasteiger partial charge in [0.2, 0.25) is 0 Å². The quantitative estimate of drug-likeness (QED) is 0.191. The zero-order chi connectivity index (χ0) is 28.6. The number of anilines is 2. The van der Waals surface area contributed by atoms with Gasteiger partial charge in [-0.3, -0.25) is 0 Å². The first kappa shape index (κ1) is 27.4. The van der Waals surface area contributed by atoms with Gasteiger partial charge in [0, 0.05) is 37.1 Å². The number of pyridine rings is 1. The van der Waals surface area contributed by atoms with Gasteiger partial charge in [-0.1, -0.05) is 48.5 Å². The summed E-state index contributed by atoms with van der Waals surface area (Å²) in [6, 6.07) is 24.7. The Morgan fingerprint density at radius 2 is 1.41 bits per heavy atom. The van der Waals surface area contributed by atoms with Crippen molar-refractivity contribution in [1.82, 2.24) is 25.2 Å². The van der Waals surface area contributed by atoms with Gasteiger partial charge in [-0.25, -0.2) is 19.6 Å². The average Bonchev–Trinajstić information content (AvgIpc) is 3.40. The summed E-state index contributed by atoms with van der Waals surface area (Å²) >= 11 is 0. The van der Waals surface area contributed by atoms with Crippen molar-refractivity contribution in [3.63, 3.8) is 0 Å². The molecule has 0 aliphatic carbocycles. The Morgan fingerprint density at radius 1 is 0.805 bits per heavy atom. The Labute approximate surface area is 237 Å². The number of imidazole rings is 1. The lowest BCUT2D eigenvalue weighted by atomic mass is 10.1. The highest BCUT2D eigenvalue weighted by molar-refractivity contribution is 6.08. The predicted octanol–water partition coefficient (Wildman–Crippen LogP) is 5.67. The average molecular weight is 553 g/mol. The fourth-order valence-corrected chi connectivity index (χ4v) is 4.67. The van der Waals surface area contributed by atoms with E-state index >= 15 is 0 Å². The summed E-state index contributed by atoms with van der Waals surface area (Å²) < 4.78 is 12.3. The van der Waals surface area contributed by atoms with Gasteiger partial charge in [-0.15, -0.1) is 0 Å². The van der Waals surface area contributed by atoms with Crippen LogP contribution in [-0.2, 0) is 35.7 Å². The minimum absolute atomic E-state index is 0.0182. The molecular weight excluding hydrogens is 520 g/mol. The maximum Gasteiger partial charge on any atom is 0.407 e. The highest BCUT2D eigenvalue weighted by Gasteiger charge is 2.15. The van der Waals surface area contributed by atoms with E-state index in [4.69, 9.17) is 14.5 Å². The lowest BCUT2D eigenvalue weighted by molar-refractivity contribution is 0.131. The highest BCUT2D eigenvalue weighted by atomic mass is 16.6. The molecule has 41 heavy (non-hydrogen) atoms. The number of fused-ring (bicyclic) bond motifs is 2. The Bertz CT molecular complexity index is 1610. The lowest BCUT2D eigenvalue weighted by Gasteiger charge is -2.14. The van der Waals surface area contributed by atoms with Crippen molar-refractivity contribution in [2.45, 2.75) is 32.6 Å². The maximum absolute atomic E-state index is 11.6. The summed E-state index contributed by atoms with van der Waals surface area (Å²) in [5.74, 6) is 0. The smallest absolute Gasteiger partial charge is 0.407 e. The van der Waals surface area contributed by atoms with Gasteiger partial charge in [0.15, 0.2) is 0 Å². The number of para-hydroxylation sites is 2. The molecule has 0 aliphatic heterocycles. The third-order valence-electron chi connectivity index (χ3n) is 6.80. The van der Waals surface area contributed by atoms with Crippen molar-refractivity contribution in [3.05, 3.63) is 96.1 Å². The molecule has 0 saturated carbocycles. The second-order valence-corrected chi connectivity index (χ2v) is 9.43. The number of nitrogens with one attached hydrogen (secondary N) is 3. The van der Waals surface area contributed by atoms with E-state index in [1.807, 2.05) is 41.0 Å². The minimum atomic E-state index is -0.555. The van der Waals surface area contributed by atoms with Gasteiger partial charge < -0.3 is 30.0 Å². The monoisotopic (exact) mass is 552 g/mol. The highest BCUT2D eigenvalue weighted by Crippen LogP contribution is 2.33. The number of ether oxygens (including phenoxy) is 2. The SMILES string of the molecule is CNC(=O)OCc1ncn(CCCc2ccc(Nc3c4ccccc4nc4ccccc34)cc2)c1COC(=O)NC. The van der Waals surface area contributed by atoms with Crippen LogP contribution in [0.1, 0.15) is 23.4 Å². The number of aryl methyl sites for hydroxylation is 2. The van der Waals surface area contributed by atoms with Crippen LogP contribution in [0.25, 0.3) is 21.8 Å². The van der Waals surface area contributed by atoms with Crippen LogP contribution < -0.4 is 16.0 Å². The van der Waals surface area contributed by atoms with Gasteiger partial charge in [0.1, 0.15) is 18.9 Å². The lowest BCUT2D eigenvalue weighted by Crippen LogP contribution is -2.21. The summed E-state index contributed by atoms with van der Waals surface area (Å²) in [4.78, 5) is 32.4. The number of rotatable bonds is 10. The number of aromatic nitrogens is 3. The standard InChI is InChI=1S/C31H32N6O4/c1-32-30(38)40-18-27-28(19-41-31(39)33-2)37(20-34-27)17-7-8-21-13-15-22(16-14-21)35-29-23-9-3-5-11-25(23)36-26-12-6-4-10-24(26)29/h3-6,9-16,20H,7-8,17-19H2,1-2H3,(H,32,38)(H,33,39)(H,35,36). The van der Waals surface area contributed by atoms with Crippen LogP contribution in [-0.4, -0.2) is 40.8 Å². The van der Waals surface area contributed by atoms with Crippen LogP contribution in [0.5, 0.6) is 0 Å². The summed E-state index contributed by atoms with van der Waals surface area (Å²) in [5.41, 5.74) is 6.38. The molecule has 2 heterocycles. The largest absolute Gasteiger partial charge is 0.443 e. The molecule has 0 saturated heterocycles. The number of carbonyl (C=O) groups is 2. The topological polar surface area (TPSA) is 119 Å². The molecule has 0 unspecified atom stereocenters. The molecule has 5 aromatic rings. The molecule has 2 amide bonds. The van der Waals surface area contributed by atoms with Gasteiger partial charge in [0.25, 0.3) is 0 Å². The van der Waals surface area contributed by atoms with Crippen molar-refractivity contribution in [3.8, 4) is 0 Å². The molecule has 3 N–H and O–H groups in total. The van der Waals surface area contributed by atoms with Gasteiger partial charge in [-0.2, -0.15) is 0 Å². The molecule has 3 aromatic carbocycles. The van der Waals surface area contributed by atoms with Crippen molar-refractivity contribution in [2.24, 2.45) is 0 Å². The molecule has 0 atom stereocenters. The Balaban J connectivity index is 1.25. The number of hydrogen-bond donors (Lipinski definition) is 3. The van der Waals surface area contributed by atoms with Gasteiger partial charge >= 0.3 is 12.2 Å². The molecule has 0 bridgehead atoms. The van der Waals surface area contributed by atoms with E-state index in [0.29, 0.717) is 17.9 Å². The van der Waals surface area contributed by atoms with Crippen molar-refractivity contribution in [1.29, 1.82) is 0 Å². The molecule has 10 nitrogen and oxygen atoms in total. The first-order valence-electron chi connectivity index (χ1n) is 13.4. The number of amides is 2. The van der Waals surface area contributed by atoms with Crippen LogP contribution in [0.3, 0.4) is 0 Å². The molecule has 0 aliphatic rings. The molecule has 2 aromatic heterocycles. The fourth-order valence-electron chi connectivity index (χ4n) is 4.67. The minimum Gasteiger partial charge on any atom is -0.443 e. The van der Waals surface area contributed by atoms with Crippen LogP contribution in [0.4, 0.5) is 21.0 Å². The number of nitrogens with zero attached hydrogens (tertiary/aromatic N) is 3. The number of hydrogen-bond acceptors (Lipinski definition) is 7. The first-order chi connectivity index (χ1) is 20.1. The van der Waals surface area contributed by atoms with E-state index < -0.39 is 12.2 Å². The van der Waals surface area contributed by atoms with Crippen molar-refractivity contribution >= 4 is 45.4 Å². The van der Waals surface area contributed by atoms with E-state index in [2.05, 4.69) is 57.3 Å². The number of benzene rings is 3. The third kappa shape index (κ3) is 6.55. The van der Waals surface area contributed by atoms with Crippen LogP contribution in [0, 0.1) is 0 Å². The maximum atomic E-state index is 11.6. The predicted molar refractivity (Wildman–Crippen MR) is 158 cm³/mol. The second kappa shape index (κ2) is 12.8. The normalized spacial score (nSPS) is 10.9. The van der Waals surface area contributed by atoms with Crippen LogP contribution in [0.15, 0.2) is 79.1 Å². The first-order valence-corrected chi connectivity index (χ1v) is 13.4. The Hall–Kier alpha value is -5.12. The van der Waals surface area contributed by atoms with Gasteiger partial charge in [-0.05, 0) is 42.7 Å².